The number of hydrogen-bond donors (Lipinski definition) is 4. The van der Waals surface area contributed by atoms with Gasteiger partial charge < -0.3 is 25.0 Å². The lowest BCUT2D eigenvalue weighted by Gasteiger charge is -2.29. The van der Waals surface area contributed by atoms with Gasteiger partial charge in [0.25, 0.3) is 11.1 Å². The average molecular weight is 448 g/mol. The second kappa shape index (κ2) is 9.33. The summed E-state index contributed by atoms with van der Waals surface area (Å²) in [6.45, 7) is 4.36. The average Bonchev–Trinajstić information content (AvgIpc) is 3.60. The molecule has 8 nitrogen and oxygen atoms in total. The Morgan fingerprint density at radius 3 is 2.42 bits per heavy atom. The fraction of sp³-hybridized carbons (Fsp3) is 0.400. The summed E-state index contributed by atoms with van der Waals surface area (Å²) in [4.78, 5) is 39.3. The van der Waals surface area contributed by atoms with Crippen molar-refractivity contribution in [3.63, 3.8) is 0 Å². The minimum absolute atomic E-state index is 0.185. The number of rotatable bonds is 6. The van der Waals surface area contributed by atoms with Gasteiger partial charge in [-0.05, 0) is 37.0 Å². The maximum absolute atomic E-state index is 12.8. The fourth-order valence-electron chi connectivity index (χ4n) is 4.45. The van der Waals surface area contributed by atoms with E-state index in [2.05, 4.69) is 27.2 Å². The van der Waals surface area contributed by atoms with Gasteiger partial charge in [-0.1, -0.05) is 37.3 Å². The van der Waals surface area contributed by atoms with E-state index in [1.165, 1.54) is 0 Å². The Morgan fingerprint density at radius 2 is 1.79 bits per heavy atom. The van der Waals surface area contributed by atoms with Crippen LogP contribution in [0.4, 0.5) is 0 Å². The Hall–Kier alpha value is -3.23. The first-order valence-electron chi connectivity index (χ1n) is 11.6. The van der Waals surface area contributed by atoms with Gasteiger partial charge in [-0.2, -0.15) is 0 Å². The van der Waals surface area contributed by atoms with Crippen molar-refractivity contribution in [1.82, 2.24) is 25.3 Å². The van der Waals surface area contributed by atoms with E-state index in [1.54, 1.807) is 12.2 Å². The van der Waals surface area contributed by atoms with Crippen molar-refractivity contribution in [3.8, 4) is 0 Å². The lowest BCUT2D eigenvalue weighted by molar-refractivity contribution is 0.0664. The normalized spacial score (nSPS) is 20.8. The van der Waals surface area contributed by atoms with Crippen LogP contribution < -0.4 is 27.1 Å². The Kier molecular flexibility index (Phi) is 6.11. The Bertz CT molecular complexity index is 1350. The molecule has 1 aromatic carbocycles. The number of hydrogen-bond acceptors (Lipinski definition) is 5. The van der Waals surface area contributed by atoms with Crippen LogP contribution >= 0.6 is 0 Å². The zero-order valence-electron chi connectivity index (χ0n) is 18.7. The monoisotopic (exact) mass is 447 g/mol. The number of aromatic nitrogens is 4. The summed E-state index contributed by atoms with van der Waals surface area (Å²) < 4.78 is 5.66. The summed E-state index contributed by atoms with van der Waals surface area (Å²) in [5, 5.41) is 3.96. The molecule has 3 heterocycles. The Balaban J connectivity index is 1.54. The van der Waals surface area contributed by atoms with Crippen LogP contribution in [0.2, 0.25) is 0 Å². The zero-order chi connectivity index (χ0) is 22.8. The molecule has 33 heavy (non-hydrogen) atoms. The standard InChI is InChI=1S/C25H29N5O3/c1-2-17(21-14-33-11-10-26-21)23-27-18(22(30-23)16-8-9-16)13-20-25(32)28-19(24(31)29-20)12-15-6-4-3-5-7-15/h3-7,12-13,16-17,21,26H,2,8-11,14H2,1H3,(H,27,30)(H,28,32)(H,29,31)/b19-12-,20-13-. The van der Waals surface area contributed by atoms with Crippen molar-refractivity contribution in [3.05, 3.63) is 84.5 Å². The third-order valence-corrected chi connectivity index (χ3v) is 6.37. The molecule has 1 saturated carbocycles. The Labute approximate surface area is 190 Å². The van der Waals surface area contributed by atoms with Crippen molar-refractivity contribution < 1.29 is 4.74 Å². The zero-order valence-corrected chi connectivity index (χ0v) is 18.7. The number of nitrogens with zero attached hydrogens (tertiary/aromatic N) is 1. The predicted octanol–water partition coefficient (Wildman–Crippen LogP) is 0.803. The highest BCUT2D eigenvalue weighted by atomic mass is 16.5. The predicted molar refractivity (Wildman–Crippen MR) is 127 cm³/mol. The van der Waals surface area contributed by atoms with E-state index < -0.39 is 0 Å². The molecular weight excluding hydrogens is 418 g/mol. The van der Waals surface area contributed by atoms with Crippen molar-refractivity contribution >= 4 is 12.2 Å². The van der Waals surface area contributed by atoms with Crippen molar-refractivity contribution in [2.24, 2.45) is 0 Å². The summed E-state index contributed by atoms with van der Waals surface area (Å²) in [7, 11) is 0. The van der Waals surface area contributed by atoms with E-state index in [4.69, 9.17) is 9.72 Å². The molecule has 172 valence electrons. The van der Waals surface area contributed by atoms with Crippen LogP contribution in [0, 0.1) is 0 Å². The van der Waals surface area contributed by atoms with Gasteiger partial charge in [-0.25, -0.2) is 4.98 Å². The van der Waals surface area contributed by atoms with E-state index in [-0.39, 0.29) is 33.8 Å². The quantitative estimate of drug-likeness (QED) is 0.446. The first kappa shape index (κ1) is 21.6. The van der Waals surface area contributed by atoms with Crippen LogP contribution in [0.3, 0.4) is 0 Å². The molecule has 2 unspecified atom stereocenters. The minimum Gasteiger partial charge on any atom is -0.378 e. The summed E-state index contributed by atoms with van der Waals surface area (Å²) in [6, 6.07) is 9.62. The van der Waals surface area contributed by atoms with Crippen molar-refractivity contribution in [2.45, 2.75) is 44.1 Å². The number of H-pyrrole nitrogens is 3. The topological polar surface area (TPSA) is 116 Å². The molecule has 0 bridgehead atoms. The molecule has 0 radical (unpaired) electrons. The second-order valence-corrected chi connectivity index (χ2v) is 8.78. The molecule has 1 aliphatic carbocycles. The number of morpholine rings is 1. The summed E-state index contributed by atoms with van der Waals surface area (Å²) >= 11 is 0. The summed E-state index contributed by atoms with van der Waals surface area (Å²) in [6.07, 6.45) is 6.47. The van der Waals surface area contributed by atoms with Gasteiger partial charge in [0.15, 0.2) is 0 Å². The molecule has 8 heteroatoms. The van der Waals surface area contributed by atoms with E-state index in [0.29, 0.717) is 12.5 Å². The molecule has 0 spiro atoms. The smallest absolute Gasteiger partial charge is 0.272 e. The molecule has 2 fully saturated rings. The van der Waals surface area contributed by atoms with Gasteiger partial charge in [-0.3, -0.25) is 9.59 Å². The van der Waals surface area contributed by atoms with Crippen LogP contribution in [0.25, 0.3) is 12.2 Å². The first-order chi connectivity index (χ1) is 16.1. The van der Waals surface area contributed by atoms with Gasteiger partial charge in [0.2, 0.25) is 0 Å². The molecule has 1 saturated heterocycles. The maximum atomic E-state index is 12.8. The maximum Gasteiger partial charge on any atom is 0.272 e. The summed E-state index contributed by atoms with van der Waals surface area (Å²) in [5.74, 6) is 1.51. The van der Waals surface area contributed by atoms with Gasteiger partial charge in [0.05, 0.1) is 18.9 Å². The molecule has 0 amide bonds. The Morgan fingerprint density at radius 1 is 1.06 bits per heavy atom. The molecule has 2 aliphatic rings. The molecule has 2 atom stereocenters. The van der Waals surface area contributed by atoms with Crippen LogP contribution in [0.5, 0.6) is 0 Å². The number of aromatic amines is 3. The molecular formula is C25H29N5O3. The van der Waals surface area contributed by atoms with Gasteiger partial charge in [0.1, 0.15) is 16.5 Å². The largest absolute Gasteiger partial charge is 0.378 e. The highest BCUT2D eigenvalue weighted by Gasteiger charge is 2.32. The number of benzene rings is 1. The van der Waals surface area contributed by atoms with E-state index in [1.807, 2.05) is 30.3 Å². The molecule has 2 aromatic heterocycles. The third kappa shape index (κ3) is 4.77. The summed E-state index contributed by atoms with van der Waals surface area (Å²) in [5.41, 5.74) is 1.92. The highest BCUT2D eigenvalue weighted by Crippen LogP contribution is 2.41. The van der Waals surface area contributed by atoms with Gasteiger partial charge in [0, 0.05) is 30.1 Å². The molecule has 5 rings (SSSR count). The third-order valence-electron chi connectivity index (χ3n) is 6.37. The number of nitrogens with one attached hydrogen (secondary N) is 4. The van der Waals surface area contributed by atoms with Crippen LogP contribution in [-0.2, 0) is 4.74 Å². The van der Waals surface area contributed by atoms with E-state index in [0.717, 1.165) is 55.2 Å². The lowest BCUT2D eigenvalue weighted by atomic mass is 9.96. The van der Waals surface area contributed by atoms with E-state index in [9.17, 15) is 9.59 Å². The van der Waals surface area contributed by atoms with E-state index >= 15 is 0 Å². The minimum atomic E-state index is -0.350. The van der Waals surface area contributed by atoms with Crippen LogP contribution in [0.1, 0.15) is 60.8 Å². The van der Waals surface area contributed by atoms with Crippen molar-refractivity contribution in [1.29, 1.82) is 0 Å². The number of ether oxygens (including phenoxy) is 1. The number of imidazole rings is 1. The highest BCUT2D eigenvalue weighted by molar-refractivity contribution is 5.50. The van der Waals surface area contributed by atoms with Gasteiger partial charge >= 0.3 is 0 Å². The van der Waals surface area contributed by atoms with Crippen LogP contribution in [0.15, 0.2) is 39.9 Å². The first-order valence-corrected chi connectivity index (χ1v) is 11.6. The van der Waals surface area contributed by atoms with Crippen molar-refractivity contribution in [2.75, 3.05) is 19.8 Å². The second-order valence-electron chi connectivity index (χ2n) is 8.78. The van der Waals surface area contributed by atoms with Crippen LogP contribution in [-0.4, -0.2) is 45.7 Å². The fourth-order valence-corrected chi connectivity index (χ4v) is 4.45. The lowest BCUT2D eigenvalue weighted by Crippen LogP contribution is -2.46. The van der Waals surface area contributed by atoms with Gasteiger partial charge in [-0.15, -0.1) is 0 Å². The SMILES string of the molecule is CCC(c1nc(/C=c2\[nH]c(=O)/c(=C/c3ccccc3)[nH]c2=O)c(C2CC2)[nH]1)C1COCCN1. The molecule has 3 aromatic rings. The molecule has 4 N–H and O–H groups in total. The molecule has 1 aliphatic heterocycles.